The van der Waals surface area contributed by atoms with Crippen LogP contribution in [-0.4, -0.2) is 42.3 Å². The zero-order valence-electron chi connectivity index (χ0n) is 23.7. The minimum Gasteiger partial charge on any atom is -0.497 e. The van der Waals surface area contributed by atoms with E-state index in [2.05, 4.69) is 20.9 Å². The molecule has 4 rings (SSSR count). The monoisotopic (exact) mass is 588 g/mol. The van der Waals surface area contributed by atoms with Gasteiger partial charge >= 0.3 is 12.2 Å². The smallest absolute Gasteiger partial charge is 0.413 e. The third-order valence-electron chi connectivity index (χ3n) is 5.71. The van der Waals surface area contributed by atoms with Crippen LogP contribution in [0.5, 0.6) is 11.5 Å². The van der Waals surface area contributed by atoms with Gasteiger partial charge < -0.3 is 24.8 Å². The van der Waals surface area contributed by atoms with Crippen molar-refractivity contribution in [1.29, 1.82) is 0 Å². The fraction of sp³-hybridized carbons (Fsp3) is 0.226. The summed E-state index contributed by atoms with van der Waals surface area (Å²) >= 11 is 1.27. The maximum atomic E-state index is 13.1. The van der Waals surface area contributed by atoms with Crippen molar-refractivity contribution < 1.29 is 28.6 Å². The Bertz CT molecular complexity index is 1530. The van der Waals surface area contributed by atoms with Crippen molar-refractivity contribution in [3.8, 4) is 22.6 Å². The largest absolute Gasteiger partial charge is 0.497 e. The van der Waals surface area contributed by atoms with Crippen LogP contribution >= 0.6 is 11.3 Å². The van der Waals surface area contributed by atoms with Gasteiger partial charge in [-0.3, -0.25) is 10.1 Å². The number of nitrogens with one attached hydrogen (secondary N) is 3. The maximum Gasteiger partial charge on any atom is 0.413 e. The van der Waals surface area contributed by atoms with E-state index in [9.17, 15) is 14.4 Å². The van der Waals surface area contributed by atoms with Crippen LogP contribution in [0.3, 0.4) is 0 Å². The number of carbonyl (C=O) groups excluding carboxylic acids is 3. The number of thiazole rings is 1. The zero-order chi connectivity index (χ0) is 30.1. The Morgan fingerprint density at radius 1 is 0.857 bits per heavy atom. The minimum absolute atomic E-state index is 0.265. The van der Waals surface area contributed by atoms with E-state index in [-0.39, 0.29) is 12.5 Å². The van der Waals surface area contributed by atoms with Crippen LogP contribution in [0.2, 0.25) is 0 Å². The first-order valence-corrected chi connectivity index (χ1v) is 14.0. The number of anilines is 2. The first-order valence-electron chi connectivity index (χ1n) is 13.1. The molecule has 0 unspecified atom stereocenters. The third-order valence-corrected chi connectivity index (χ3v) is 6.51. The number of hydrogen-bond donors (Lipinski definition) is 3. The number of methoxy groups -OCH3 is 1. The van der Waals surface area contributed by atoms with Gasteiger partial charge in [-0.05, 0) is 74.4 Å². The highest BCUT2D eigenvalue weighted by Gasteiger charge is 2.17. The quantitative estimate of drug-likeness (QED) is 0.197. The molecule has 42 heavy (non-hydrogen) atoms. The van der Waals surface area contributed by atoms with Crippen molar-refractivity contribution in [2.24, 2.45) is 0 Å². The molecule has 0 fully saturated rings. The first kappa shape index (κ1) is 30.1. The molecule has 0 aliphatic carbocycles. The topological polar surface area (TPSA) is 128 Å². The number of carbonyl (C=O) groups is 3. The maximum absolute atomic E-state index is 13.1. The van der Waals surface area contributed by atoms with Crippen molar-refractivity contribution in [3.63, 3.8) is 0 Å². The van der Waals surface area contributed by atoms with E-state index in [4.69, 9.17) is 14.2 Å². The van der Waals surface area contributed by atoms with Crippen LogP contribution in [0, 0.1) is 0 Å². The van der Waals surface area contributed by atoms with Crippen molar-refractivity contribution in [2.75, 3.05) is 24.3 Å². The predicted molar refractivity (Wildman–Crippen MR) is 163 cm³/mol. The average Bonchev–Trinajstić information content (AvgIpc) is 3.39. The van der Waals surface area contributed by atoms with Gasteiger partial charge in [0, 0.05) is 29.6 Å². The highest BCUT2D eigenvalue weighted by atomic mass is 32.1. The standard InChI is InChI=1S/C31H32N4O6S/c1-31(2,3)41-30(38)35-28-34-22(19-42-28)17-18-32-29(37)40-24-15-11-21(12-16-24)33-27(36)26-8-6-5-7-25(26)20-9-13-23(39-4)14-10-20/h5-16,19H,17-18H2,1-4H3,(H,32,37)(H,33,36)(H,34,35,38). The van der Waals surface area contributed by atoms with Crippen LogP contribution < -0.4 is 25.4 Å². The number of hydrogen-bond acceptors (Lipinski definition) is 8. The van der Waals surface area contributed by atoms with Crippen LogP contribution in [0.4, 0.5) is 20.4 Å². The molecule has 0 atom stereocenters. The van der Waals surface area contributed by atoms with Gasteiger partial charge in [0.05, 0.1) is 12.8 Å². The molecule has 10 nitrogen and oxygen atoms in total. The van der Waals surface area contributed by atoms with Crippen LogP contribution in [0.1, 0.15) is 36.8 Å². The second-order valence-corrected chi connectivity index (χ2v) is 10.9. The predicted octanol–water partition coefficient (Wildman–Crippen LogP) is 6.75. The Morgan fingerprint density at radius 3 is 2.24 bits per heavy atom. The molecule has 0 saturated heterocycles. The molecule has 4 aromatic rings. The summed E-state index contributed by atoms with van der Waals surface area (Å²) in [4.78, 5) is 41.5. The molecule has 0 saturated carbocycles. The van der Waals surface area contributed by atoms with Gasteiger partial charge in [0.15, 0.2) is 5.13 Å². The SMILES string of the molecule is COc1ccc(-c2ccccc2C(=O)Nc2ccc(OC(=O)NCCc3csc(NC(=O)OC(C)(C)C)n3)cc2)cc1. The summed E-state index contributed by atoms with van der Waals surface area (Å²) in [5.41, 5.74) is 2.87. The Labute approximate surface area is 248 Å². The molecule has 218 valence electrons. The summed E-state index contributed by atoms with van der Waals surface area (Å²) in [7, 11) is 1.61. The lowest BCUT2D eigenvalue weighted by Crippen LogP contribution is -2.28. The lowest BCUT2D eigenvalue weighted by molar-refractivity contribution is 0.0635. The molecular weight excluding hydrogens is 556 g/mol. The fourth-order valence-corrected chi connectivity index (χ4v) is 4.54. The van der Waals surface area contributed by atoms with E-state index < -0.39 is 17.8 Å². The molecular formula is C31H32N4O6S. The normalized spacial score (nSPS) is 10.9. The molecule has 0 aliphatic heterocycles. The van der Waals surface area contributed by atoms with Gasteiger partial charge in [-0.1, -0.05) is 30.3 Å². The summed E-state index contributed by atoms with van der Waals surface area (Å²) in [6.45, 7) is 5.63. The highest BCUT2D eigenvalue weighted by molar-refractivity contribution is 7.13. The summed E-state index contributed by atoms with van der Waals surface area (Å²) in [6.07, 6.45) is -0.749. The number of ether oxygens (including phenoxy) is 3. The summed E-state index contributed by atoms with van der Waals surface area (Å²) < 4.78 is 15.8. The molecule has 3 N–H and O–H groups in total. The van der Waals surface area contributed by atoms with Gasteiger partial charge in [0.1, 0.15) is 17.1 Å². The Balaban J connectivity index is 1.25. The van der Waals surface area contributed by atoms with Crippen LogP contribution in [0.25, 0.3) is 11.1 Å². The lowest BCUT2D eigenvalue weighted by atomic mass is 9.99. The second-order valence-electron chi connectivity index (χ2n) is 10.1. The molecule has 1 heterocycles. The van der Waals surface area contributed by atoms with E-state index in [0.29, 0.717) is 34.2 Å². The molecule has 0 bridgehead atoms. The first-order chi connectivity index (χ1) is 20.1. The highest BCUT2D eigenvalue weighted by Crippen LogP contribution is 2.27. The summed E-state index contributed by atoms with van der Waals surface area (Å²) in [6, 6.07) is 21.4. The number of aromatic nitrogens is 1. The average molecular weight is 589 g/mol. The van der Waals surface area contributed by atoms with E-state index in [1.807, 2.05) is 42.5 Å². The Kier molecular flexibility index (Phi) is 9.77. The molecule has 3 amide bonds. The third kappa shape index (κ3) is 8.80. The van der Waals surface area contributed by atoms with Gasteiger partial charge in [-0.15, -0.1) is 11.3 Å². The van der Waals surface area contributed by atoms with Gasteiger partial charge in [0.2, 0.25) is 0 Å². The lowest BCUT2D eigenvalue weighted by Gasteiger charge is -2.18. The minimum atomic E-state index is -0.623. The van der Waals surface area contributed by atoms with E-state index in [1.165, 1.54) is 11.3 Å². The van der Waals surface area contributed by atoms with Crippen molar-refractivity contribution in [1.82, 2.24) is 10.3 Å². The summed E-state index contributed by atoms with van der Waals surface area (Å²) in [5, 5.41) is 10.4. The van der Waals surface area contributed by atoms with E-state index in [0.717, 1.165) is 16.9 Å². The fourth-order valence-electron chi connectivity index (χ4n) is 3.81. The van der Waals surface area contributed by atoms with E-state index in [1.54, 1.807) is 63.6 Å². The van der Waals surface area contributed by atoms with E-state index >= 15 is 0 Å². The number of amides is 3. The van der Waals surface area contributed by atoms with Crippen molar-refractivity contribution in [3.05, 3.63) is 89.4 Å². The second kappa shape index (κ2) is 13.6. The molecule has 0 radical (unpaired) electrons. The Morgan fingerprint density at radius 2 is 1.55 bits per heavy atom. The number of nitrogens with zero attached hydrogens (tertiary/aromatic N) is 1. The van der Waals surface area contributed by atoms with Crippen LogP contribution in [0.15, 0.2) is 78.2 Å². The van der Waals surface area contributed by atoms with Gasteiger partial charge in [-0.25, -0.2) is 14.6 Å². The van der Waals surface area contributed by atoms with Gasteiger partial charge in [0.25, 0.3) is 5.91 Å². The molecule has 1 aromatic heterocycles. The van der Waals surface area contributed by atoms with Gasteiger partial charge in [-0.2, -0.15) is 0 Å². The van der Waals surface area contributed by atoms with Crippen molar-refractivity contribution >= 4 is 40.2 Å². The Hall–Kier alpha value is -4.90. The zero-order valence-corrected chi connectivity index (χ0v) is 24.5. The molecule has 11 heteroatoms. The number of rotatable bonds is 9. The molecule has 3 aromatic carbocycles. The summed E-state index contributed by atoms with van der Waals surface area (Å²) in [5.74, 6) is 0.792. The van der Waals surface area contributed by atoms with Crippen LogP contribution in [-0.2, 0) is 11.2 Å². The molecule has 0 aliphatic rings. The molecule has 0 spiro atoms. The number of benzene rings is 3. The van der Waals surface area contributed by atoms with Crippen molar-refractivity contribution in [2.45, 2.75) is 32.8 Å².